The largest absolute Gasteiger partial charge is 0.445 e. The van der Waals surface area contributed by atoms with E-state index in [1.165, 1.54) is 0 Å². The molecule has 0 aliphatic carbocycles. The van der Waals surface area contributed by atoms with Gasteiger partial charge in [-0.25, -0.2) is 4.79 Å². The molecule has 0 fully saturated rings. The van der Waals surface area contributed by atoms with Crippen molar-refractivity contribution in [3.8, 4) is 0 Å². The molecule has 0 saturated carbocycles. The number of ether oxygens (including phenoxy) is 1. The van der Waals surface area contributed by atoms with E-state index in [1.54, 1.807) is 20.0 Å². The van der Waals surface area contributed by atoms with E-state index >= 15 is 0 Å². The maximum absolute atomic E-state index is 13.1. The lowest BCUT2D eigenvalue weighted by Gasteiger charge is -2.23. The Morgan fingerprint density at radius 2 is 1.97 bits per heavy atom. The highest BCUT2D eigenvalue weighted by Gasteiger charge is 2.33. The van der Waals surface area contributed by atoms with Gasteiger partial charge < -0.3 is 19.9 Å². The summed E-state index contributed by atoms with van der Waals surface area (Å²) >= 11 is 0. The number of alkyl carbamates (subject to hydrolysis) is 1. The topological polar surface area (TPSA) is 128 Å². The Hall–Kier alpha value is -3.49. The molecule has 2 aromatic rings. The molecule has 0 spiro atoms. The van der Waals surface area contributed by atoms with Crippen molar-refractivity contribution in [3.05, 3.63) is 53.4 Å². The minimum absolute atomic E-state index is 0.0759. The molecule has 176 valence electrons. The molecule has 9 heteroatoms. The summed E-state index contributed by atoms with van der Waals surface area (Å²) in [7, 11) is 0. The molecule has 9 nitrogen and oxygen atoms in total. The standard InChI is InChI=1S/C24H29N3O6/c1-15(2)21(27-24(31)32-14-16-6-4-3-5-7-16)19(28)12-17-8-9-20-18(13-26-33-20)10-11-25-23(30)22(17)29/h3-7,13,15,17,21H,8-12,14H2,1-2H3,(H,25,30)(H,27,31). The molecule has 1 aromatic carbocycles. The molecule has 0 radical (unpaired) electrons. The average Bonchev–Trinajstić information content (AvgIpc) is 3.25. The smallest absolute Gasteiger partial charge is 0.408 e. The number of carbonyl (C=O) groups is 4. The van der Waals surface area contributed by atoms with Gasteiger partial charge in [0.1, 0.15) is 12.4 Å². The van der Waals surface area contributed by atoms with Crippen LogP contribution in [0.3, 0.4) is 0 Å². The first-order valence-corrected chi connectivity index (χ1v) is 11.1. The normalized spacial score (nSPS) is 17.6. The highest BCUT2D eigenvalue weighted by Crippen LogP contribution is 2.21. The summed E-state index contributed by atoms with van der Waals surface area (Å²) in [6, 6.07) is 8.35. The van der Waals surface area contributed by atoms with Gasteiger partial charge >= 0.3 is 6.09 Å². The number of nitrogens with one attached hydrogen (secondary N) is 2. The Balaban J connectivity index is 1.64. The summed E-state index contributed by atoms with van der Waals surface area (Å²) in [5.74, 6) is -2.07. The van der Waals surface area contributed by atoms with Gasteiger partial charge in [-0.3, -0.25) is 14.4 Å². The fourth-order valence-corrected chi connectivity index (χ4v) is 3.79. The molecular formula is C24H29N3O6. The van der Waals surface area contributed by atoms with Crippen molar-refractivity contribution in [2.24, 2.45) is 11.8 Å². The van der Waals surface area contributed by atoms with E-state index in [9.17, 15) is 19.2 Å². The Morgan fingerprint density at radius 1 is 1.21 bits per heavy atom. The summed E-state index contributed by atoms with van der Waals surface area (Å²) in [5.41, 5.74) is 1.70. The van der Waals surface area contributed by atoms with Crippen LogP contribution >= 0.6 is 0 Å². The van der Waals surface area contributed by atoms with Gasteiger partial charge in [0.15, 0.2) is 5.78 Å². The second-order valence-electron chi connectivity index (χ2n) is 8.48. The Morgan fingerprint density at radius 3 is 2.70 bits per heavy atom. The van der Waals surface area contributed by atoms with E-state index in [0.29, 0.717) is 18.6 Å². The molecule has 2 amide bonds. The van der Waals surface area contributed by atoms with Crippen LogP contribution in [-0.4, -0.2) is 41.3 Å². The number of aromatic nitrogens is 1. The second-order valence-corrected chi connectivity index (χ2v) is 8.48. The third-order valence-electron chi connectivity index (χ3n) is 5.67. The number of carbonyl (C=O) groups excluding carboxylic acids is 4. The summed E-state index contributed by atoms with van der Waals surface area (Å²) in [5, 5.41) is 9.00. The van der Waals surface area contributed by atoms with Crippen LogP contribution in [0, 0.1) is 11.8 Å². The maximum Gasteiger partial charge on any atom is 0.408 e. The van der Waals surface area contributed by atoms with E-state index in [0.717, 1.165) is 11.1 Å². The van der Waals surface area contributed by atoms with Crippen LogP contribution in [0.2, 0.25) is 0 Å². The zero-order chi connectivity index (χ0) is 23.8. The Bertz CT molecular complexity index is 985. The van der Waals surface area contributed by atoms with Crippen LogP contribution < -0.4 is 10.6 Å². The molecule has 3 rings (SSSR count). The first-order valence-electron chi connectivity index (χ1n) is 11.1. The fourth-order valence-electron chi connectivity index (χ4n) is 3.79. The molecule has 2 atom stereocenters. The quantitative estimate of drug-likeness (QED) is 0.614. The van der Waals surface area contributed by atoms with Crippen molar-refractivity contribution in [3.63, 3.8) is 0 Å². The molecule has 2 N–H and O–H groups in total. The lowest BCUT2D eigenvalue weighted by Crippen LogP contribution is -2.46. The van der Waals surface area contributed by atoms with Crippen molar-refractivity contribution < 1.29 is 28.4 Å². The third-order valence-corrected chi connectivity index (χ3v) is 5.67. The molecule has 0 bridgehead atoms. The van der Waals surface area contributed by atoms with Crippen molar-refractivity contribution in [2.45, 2.75) is 52.2 Å². The van der Waals surface area contributed by atoms with Crippen molar-refractivity contribution >= 4 is 23.6 Å². The Kier molecular flexibility index (Phi) is 8.34. The number of benzene rings is 1. The van der Waals surface area contributed by atoms with E-state index in [4.69, 9.17) is 9.26 Å². The molecule has 2 unspecified atom stereocenters. The van der Waals surface area contributed by atoms with E-state index in [-0.39, 0.29) is 37.7 Å². The van der Waals surface area contributed by atoms with Crippen molar-refractivity contribution in [1.29, 1.82) is 0 Å². The van der Waals surface area contributed by atoms with Gasteiger partial charge in [-0.2, -0.15) is 0 Å². The summed E-state index contributed by atoms with van der Waals surface area (Å²) < 4.78 is 10.5. The van der Waals surface area contributed by atoms with Crippen LogP contribution in [0.1, 0.15) is 43.6 Å². The van der Waals surface area contributed by atoms with Crippen LogP contribution in [0.25, 0.3) is 0 Å². The van der Waals surface area contributed by atoms with Crippen LogP contribution in [-0.2, 0) is 38.6 Å². The third kappa shape index (κ3) is 6.74. The van der Waals surface area contributed by atoms with E-state index in [2.05, 4.69) is 15.8 Å². The van der Waals surface area contributed by atoms with Gasteiger partial charge in [0.25, 0.3) is 5.91 Å². The first kappa shape index (κ1) is 24.2. The molecule has 1 aromatic heterocycles. The lowest BCUT2D eigenvalue weighted by molar-refractivity contribution is -0.141. The SMILES string of the molecule is CC(C)C(NC(=O)OCc1ccccc1)C(=O)CC1CCc2oncc2CCNC(=O)C1=O. The number of hydrogen-bond acceptors (Lipinski definition) is 7. The monoisotopic (exact) mass is 455 g/mol. The summed E-state index contributed by atoms with van der Waals surface area (Å²) in [4.78, 5) is 50.3. The zero-order valence-electron chi connectivity index (χ0n) is 18.8. The van der Waals surface area contributed by atoms with Crippen molar-refractivity contribution in [1.82, 2.24) is 15.8 Å². The number of ketones is 2. The number of nitrogens with zero attached hydrogens (tertiary/aromatic N) is 1. The fraction of sp³-hybridized carbons (Fsp3) is 0.458. The molecule has 2 heterocycles. The number of amides is 2. The van der Waals surface area contributed by atoms with Crippen LogP contribution in [0.4, 0.5) is 4.79 Å². The number of aryl methyl sites for hydroxylation is 1. The lowest BCUT2D eigenvalue weighted by atomic mass is 9.86. The summed E-state index contributed by atoms with van der Waals surface area (Å²) in [6.45, 7) is 3.95. The summed E-state index contributed by atoms with van der Waals surface area (Å²) in [6.07, 6.45) is 1.90. The predicted molar refractivity (Wildman–Crippen MR) is 118 cm³/mol. The minimum atomic E-state index is -0.847. The van der Waals surface area contributed by atoms with E-state index in [1.807, 2.05) is 30.3 Å². The molecule has 1 aliphatic heterocycles. The second kappa shape index (κ2) is 11.4. The molecule has 0 saturated heterocycles. The van der Waals surface area contributed by atoms with Gasteiger partial charge in [0.05, 0.1) is 12.2 Å². The number of fused-ring (bicyclic) bond motifs is 1. The molecular weight excluding hydrogens is 426 g/mol. The molecule has 33 heavy (non-hydrogen) atoms. The maximum atomic E-state index is 13.1. The van der Waals surface area contributed by atoms with Gasteiger partial charge in [-0.05, 0) is 24.3 Å². The zero-order valence-corrected chi connectivity index (χ0v) is 18.8. The van der Waals surface area contributed by atoms with Crippen LogP contribution in [0.5, 0.6) is 0 Å². The van der Waals surface area contributed by atoms with E-state index < -0.39 is 29.7 Å². The van der Waals surface area contributed by atoms with Gasteiger partial charge in [0.2, 0.25) is 5.78 Å². The number of rotatable bonds is 7. The first-order chi connectivity index (χ1) is 15.8. The highest BCUT2D eigenvalue weighted by atomic mass is 16.5. The molecule has 1 aliphatic rings. The van der Waals surface area contributed by atoms with Gasteiger partial charge in [0, 0.05) is 30.9 Å². The average molecular weight is 456 g/mol. The minimum Gasteiger partial charge on any atom is -0.445 e. The van der Waals surface area contributed by atoms with Gasteiger partial charge in [-0.15, -0.1) is 0 Å². The highest BCUT2D eigenvalue weighted by molar-refractivity contribution is 6.37. The number of hydrogen-bond donors (Lipinski definition) is 2. The number of Topliss-reactive ketones (excluding diaryl/α,β-unsaturated/α-hetero) is 2. The Labute approximate surface area is 192 Å². The van der Waals surface area contributed by atoms with Crippen LogP contribution in [0.15, 0.2) is 41.1 Å². The predicted octanol–water partition coefficient (Wildman–Crippen LogP) is 2.38. The van der Waals surface area contributed by atoms with Crippen molar-refractivity contribution in [2.75, 3.05) is 6.54 Å². The van der Waals surface area contributed by atoms with Gasteiger partial charge in [-0.1, -0.05) is 49.3 Å².